The van der Waals surface area contributed by atoms with Crippen molar-refractivity contribution < 1.29 is 19.1 Å². The monoisotopic (exact) mass is 684 g/mol. The zero-order chi connectivity index (χ0) is 33.0. The highest BCUT2D eigenvalue weighted by Gasteiger charge is 2.19. The Morgan fingerprint density at radius 1 is 1.04 bits per heavy atom. The van der Waals surface area contributed by atoms with E-state index in [4.69, 9.17) is 19.2 Å². The maximum atomic E-state index is 13.9. The predicted molar refractivity (Wildman–Crippen MR) is 183 cm³/mol. The molecule has 0 N–H and O–H groups in total. The average Bonchev–Trinajstić information content (AvgIpc) is 3.04. The van der Waals surface area contributed by atoms with Crippen LogP contribution < -0.4 is 19.8 Å². The Morgan fingerprint density at radius 3 is 2.46 bits per heavy atom. The van der Waals surface area contributed by atoms with Gasteiger partial charge in [-0.1, -0.05) is 26.0 Å². The lowest BCUT2D eigenvalue weighted by molar-refractivity contribution is -0.384. The zero-order valence-corrected chi connectivity index (χ0v) is 27.7. The number of non-ortho nitro benzene ring substituents is 1. The van der Waals surface area contributed by atoms with Crippen LogP contribution in [0.15, 0.2) is 87.2 Å². The number of fused-ring (bicyclic) bond motifs is 1. The van der Waals surface area contributed by atoms with Gasteiger partial charge in [0.05, 0.1) is 40.2 Å². The van der Waals surface area contributed by atoms with E-state index < -0.39 is 4.92 Å². The third-order valence-electron chi connectivity index (χ3n) is 7.38. The van der Waals surface area contributed by atoms with Crippen LogP contribution in [-0.2, 0) is 6.61 Å². The molecule has 5 rings (SSSR count). The number of hydrogen-bond donors (Lipinski definition) is 0. The quantitative estimate of drug-likeness (QED) is 0.0785. The predicted octanol–water partition coefficient (Wildman–Crippen LogP) is 8.03. The summed E-state index contributed by atoms with van der Waals surface area (Å²) in [6, 6.07) is 20.9. The summed E-state index contributed by atoms with van der Waals surface area (Å²) in [5.41, 5.74) is 4.36. The minimum Gasteiger partial charge on any atom is -0.496 e. The van der Waals surface area contributed by atoms with E-state index in [1.165, 1.54) is 16.8 Å². The Morgan fingerprint density at radius 2 is 1.78 bits per heavy atom. The zero-order valence-electron chi connectivity index (χ0n) is 26.1. The van der Waals surface area contributed by atoms with Crippen molar-refractivity contribution in [1.29, 1.82) is 0 Å². The van der Waals surface area contributed by atoms with Crippen LogP contribution in [0.3, 0.4) is 0 Å². The number of halogens is 1. The highest BCUT2D eigenvalue weighted by Crippen LogP contribution is 2.38. The van der Waals surface area contributed by atoms with Crippen molar-refractivity contribution in [3.8, 4) is 28.6 Å². The van der Waals surface area contributed by atoms with Crippen molar-refractivity contribution in [2.45, 2.75) is 40.2 Å². The van der Waals surface area contributed by atoms with E-state index in [0.29, 0.717) is 44.9 Å². The number of aryl methyl sites for hydroxylation is 1. The second-order valence-corrected chi connectivity index (χ2v) is 11.7. The third-order valence-corrected chi connectivity index (χ3v) is 7.97. The van der Waals surface area contributed by atoms with Crippen LogP contribution in [0.25, 0.3) is 22.3 Å². The molecule has 0 aliphatic rings. The van der Waals surface area contributed by atoms with Gasteiger partial charge in [-0.15, -0.1) is 0 Å². The fourth-order valence-corrected chi connectivity index (χ4v) is 5.61. The van der Waals surface area contributed by atoms with Gasteiger partial charge < -0.3 is 14.2 Å². The number of hydrogen-bond acceptors (Lipinski definition) is 8. The van der Waals surface area contributed by atoms with Gasteiger partial charge in [-0.2, -0.15) is 9.78 Å². The van der Waals surface area contributed by atoms with Crippen LogP contribution in [0.5, 0.6) is 17.2 Å². The molecule has 4 aromatic carbocycles. The van der Waals surface area contributed by atoms with Crippen molar-refractivity contribution in [1.82, 2.24) is 9.66 Å². The van der Waals surface area contributed by atoms with Crippen LogP contribution in [-0.4, -0.2) is 34.5 Å². The maximum Gasteiger partial charge on any atom is 0.282 e. The van der Waals surface area contributed by atoms with Crippen LogP contribution >= 0.6 is 15.9 Å². The van der Waals surface area contributed by atoms with Crippen molar-refractivity contribution >= 4 is 38.7 Å². The van der Waals surface area contributed by atoms with Gasteiger partial charge in [0.2, 0.25) is 0 Å². The molecule has 11 heteroatoms. The van der Waals surface area contributed by atoms with Crippen molar-refractivity contribution in [3.63, 3.8) is 0 Å². The smallest absolute Gasteiger partial charge is 0.282 e. The number of nitro groups is 1. The second kappa shape index (κ2) is 13.9. The molecule has 1 aromatic heterocycles. The van der Waals surface area contributed by atoms with E-state index >= 15 is 0 Å². The molecule has 0 atom stereocenters. The first-order valence-corrected chi connectivity index (χ1v) is 15.5. The third kappa shape index (κ3) is 6.79. The van der Waals surface area contributed by atoms with E-state index in [1.807, 2.05) is 44.2 Å². The van der Waals surface area contributed by atoms with Gasteiger partial charge in [0.25, 0.3) is 11.2 Å². The van der Waals surface area contributed by atoms with Crippen LogP contribution in [0.2, 0.25) is 0 Å². The van der Waals surface area contributed by atoms with Crippen molar-refractivity contribution in [3.05, 3.63) is 120 Å². The molecule has 0 saturated heterocycles. The summed E-state index contributed by atoms with van der Waals surface area (Å²) < 4.78 is 19.6. The molecule has 0 aliphatic heterocycles. The molecule has 0 bridgehead atoms. The molecule has 0 spiro atoms. The molecule has 0 aliphatic carbocycles. The second-order valence-electron chi connectivity index (χ2n) is 10.9. The number of rotatable bonds is 11. The molecular weight excluding hydrogens is 652 g/mol. The molecular formula is C35H33BrN4O6. The number of para-hydroxylation sites is 1. The minimum atomic E-state index is -0.444. The van der Waals surface area contributed by atoms with Gasteiger partial charge in [-0.25, -0.2) is 4.98 Å². The molecule has 5 aromatic rings. The van der Waals surface area contributed by atoms with E-state index in [9.17, 15) is 14.9 Å². The summed E-state index contributed by atoms with van der Waals surface area (Å²) >= 11 is 3.59. The summed E-state index contributed by atoms with van der Waals surface area (Å²) in [5.74, 6) is 2.30. The van der Waals surface area contributed by atoms with Crippen molar-refractivity contribution in [2.24, 2.45) is 5.10 Å². The Labute approximate surface area is 274 Å². The summed E-state index contributed by atoms with van der Waals surface area (Å²) in [6.45, 7) is 8.55. The maximum absolute atomic E-state index is 13.9. The number of methoxy groups -OCH3 is 1. The summed E-state index contributed by atoms with van der Waals surface area (Å²) in [5, 5.41) is 16.1. The van der Waals surface area contributed by atoms with E-state index in [-0.39, 0.29) is 23.8 Å². The van der Waals surface area contributed by atoms with E-state index in [1.54, 1.807) is 43.7 Å². The van der Waals surface area contributed by atoms with Crippen LogP contribution in [0.1, 0.15) is 48.9 Å². The van der Waals surface area contributed by atoms with Crippen LogP contribution in [0, 0.1) is 17.0 Å². The van der Waals surface area contributed by atoms with Gasteiger partial charge in [0.15, 0.2) is 17.3 Å². The van der Waals surface area contributed by atoms with Crippen LogP contribution in [0.4, 0.5) is 5.69 Å². The lowest BCUT2D eigenvalue weighted by Gasteiger charge is -2.17. The fraction of sp³-hybridized carbons (Fsp3) is 0.229. The highest BCUT2D eigenvalue weighted by atomic mass is 79.9. The molecule has 1 heterocycles. The Hall–Kier alpha value is -5.03. The Balaban J connectivity index is 1.56. The number of aromatic nitrogens is 2. The number of nitro benzene ring substituents is 1. The van der Waals surface area contributed by atoms with E-state index in [0.717, 1.165) is 28.0 Å². The highest BCUT2D eigenvalue weighted by molar-refractivity contribution is 9.10. The SMILES string of the molecule is CCOc1cc(C=Nn2c(-c3cc(C(C)C)c(OC)cc3C)nc3ccccc3c2=O)cc(Br)c1OCc1ccc([N+](=O)[O-])cc1. The van der Waals surface area contributed by atoms with Gasteiger partial charge in [-0.3, -0.25) is 14.9 Å². The van der Waals surface area contributed by atoms with Gasteiger partial charge in [0.1, 0.15) is 12.4 Å². The molecule has 0 radical (unpaired) electrons. The topological polar surface area (TPSA) is 118 Å². The molecule has 0 fully saturated rings. The Kier molecular flexibility index (Phi) is 9.81. The minimum absolute atomic E-state index is 0.00923. The number of ether oxygens (including phenoxy) is 3. The normalized spacial score (nSPS) is 11.4. The molecule has 0 unspecified atom stereocenters. The summed E-state index contributed by atoms with van der Waals surface area (Å²) in [7, 11) is 1.65. The first kappa shape index (κ1) is 32.4. The van der Waals surface area contributed by atoms with Gasteiger partial charge in [-0.05, 0) is 106 Å². The number of nitrogens with zero attached hydrogens (tertiary/aromatic N) is 4. The molecule has 0 amide bonds. The van der Waals surface area contributed by atoms with Gasteiger partial charge in [0, 0.05) is 17.7 Å². The van der Waals surface area contributed by atoms with Crippen molar-refractivity contribution in [2.75, 3.05) is 13.7 Å². The van der Waals surface area contributed by atoms with Gasteiger partial charge >= 0.3 is 0 Å². The number of benzene rings is 4. The average molecular weight is 686 g/mol. The lowest BCUT2D eigenvalue weighted by atomic mass is 9.96. The first-order chi connectivity index (χ1) is 22.1. The standard InChI is InChI=1S/C35H33BrN4O6/c1-6-45-32-17-24(16-29(36)33(32)46-20-23-11-13-25(14-12-23)40(42)43)19-37-39-34(38-30-10-8-7-9-26(30)35(39)41)28-18-27(21(2)3)31(44-5)15-22(28)4/h7-19,21H,6,20H2,1-5H3. The summed E-state index contributed by atoms with van der Waals surface area (Å²) in [4.78, 5) is 29.3. The van der Waals surface area contributed by atoms with E-state index in [2.05, 4.69) is 34.9 Å². The lowest BCUT2D eigenvalue weighted by Crippen LogP contribution is -2.20. The first-order valence-electron chi connectivity index (χ1n) is 14.7. The molecule has 236 valence electrons. The summed E-state index contributed by atoms with van der Waals surface area (Å²) in [6.07, 6.45) is 1.58. The molecule has 46 heavy (non-hydrogen) atoms. The largest absolute Gasteiger partial charge is 0.496 e. The fourth-order valence-electron chi connectivity index (χ4n) is 5.03. The Bertz CT molecular complexity index is 2000. The molecule has 10 nitrogen and oxygen atoms in total. The molecule has 0 saturated carbocycles.